The van der Waals surface area contributed by atoms with Crippen LogP contribution in [0.2, 0.25) is 0 Å². The summed E-state index contributed by atoms with van der Waals surface area (Å²) in [6.07, 6.45) is 3.67. The van der Waals surface area contributed by atoms with E-state index < -0.39 is 0 Å². The fraction of sp³-hybridized carbons (Fsp3) is 0.625. The second-order valence-corrected chi connectivity index (χ2v) is 6.71. The van der Waals surface area contributed by atoms with Crippen molar-refractivity contribution in [2.24, 2.45) is 12.0 Å². The average Bonchev–Trinajstić information content (AvgIpc) is 3.24. The summed E-state index contributed by atoms with van der Waals surface area (Å²) in [6, 6.07) is 0. The van der Waals surface area contributed by atoms with Crippen LogP contribution in [0.3, 0.4) is 0 Å². The first-order valence-electron chi connectivity index (χ1n) is 8.33. The van der Waals surface area contributed by atoms with Gasteiger partial charge >= 0.3 is 0 Å². The largest absolute Gasteiger partial charge is 0.385 e. The molecule has 0 atom stereocenters. The van der Waals surface area contributed by atoms with Crippen molar-refractivity contribution in [1.29, 1.82) is 0 Å². The van der Waals surface area contributed by atoms with Crippen LogP contribution in [-0.4, -0.2) is 64.5 Å². The second-order valence-electron chi connectivity index (χ2n) is 5.73. The molecule has 0 spiro atoms. The third-order valence-corrected chi connectivity index (χ3v) is 4.71. The maximum atomic E-state index is 5.11. The van der Waals surface area contributed by atoms with Gasteiger partial charge in [0.15, 0.2) is 11.8 Å². The normalized spacial score (nSPS) is 11.3. The molecule has 2 rings (SSSR count). The smallest absolute Gasteiger partial charge is 0.194 e. The highest BCUT2D eigenvalue weighted by Crippen LogP contribution is 2.06. The van der Waals surface area contributed by atoms with Crippen LogP contribution in [0, 0.1) is 6.92 Å². The highest BCUT2D eigenvalue weighted by Gasteiger charge is 2.09. The van der Waals surface area contributed by atoms with Crippen molar-refractivity contribution in [2.45, 2.75) is 26.3 Å². The minimum atomic E-state index is 0. The van der Waals surface area contributed by atoms with Gasteiger partial charge in [-0.05, 0) is 13.3 Å². The zero-order valence-corrected chi connectivity index (χ0v) is 19.0. The van der Waals surface area contributed by atoms with E-state index in [4.69, 9.17) is 9.73 Å². The van der Waals surface area contributed by atoms with E-state index in [-0.39, 0.29) is 24.0 Å². The van der Waals surface area contributed by atoms with Gasteiger partial charge < -0.3 is 19.5 Å². The number of halogens is 1. The summed E-state index contributed by atoms with van der Waals surface area (Å²) in [5.41, 5.74) is 0. The van der Waals surface area contributed by atoms with Crippen molar-refractivity contribution in [3.05, 3.63) is 28.2 Å². The lowest BCUT2D eigenvalue weighted by atomic mass is 10.4. The van der Waals surface area contributed by atoms with Gasteiger partial charge in [-0.25, -0.2) is 9.98 Å². The molecule has 0 aliphatic heterocycles. The van der Waals surface area contributed by atoms with Gasteiger partial charge in [-0.1, -0.05) is 0 Å². The first kappa shape index (κ1) is 22.8. The molecule has 0 bridgehead atoms. The number of aryl methyl sites for hydroxylation is 1. The number of aromatic nitrogens is 4. The van der Waals surface area contributed by atoms with Gasteiger partial charge in [-0.2, -0.15) is 0 Å². The number of hydrogen-bond acceptors (Lipinski definition) is 6. The molecule has 2 heterocycles. The number of likely N-dealkylation sites (N-methyl/N-ethyl adjacent to an activating group) is 1. The van der Waals surface area contributed by atoms with Crippen molar-refractivity contribution >= 4 is 41.3 Å². The summed E-state index contributed by atoms with van der Waals surface area (Å²) < 4.78 is 7.07. The maximum absolute atomic E-state index is 5.11. The summed E-state index contributed by atoms with van der Waals surface area (Å²) >= 11 is 1.68. The third-order valence-electron chi connectivity index (χ3n) is 3.87. The number of nitrogens with zero attached hydrogens (tertiary/aromatic N) is 6. The van der Waals surface area contributed by atoms with Gasteiger partial charge in [0.25, 0.3) is 0 Å². The summed E-state index contributed by atoms with van der Waals surface area (Å²) in [5, 5.41) is 14.8. The predicted octanol–water partition coefficient (Wildman–Crippen LogP) is 1.85. The number of guanidine groups is 1. The van der Waals surface area contributed by atoms with E-state index in [0.29, 0.717) is 6.54 Å². The van der Waals surface area contributed by atoms with Crippen LogP contribution in [0.1, 0.15) is 23.1 Å². The number of rotatable bonds is 9. The van der Waals surface area contributed by atoms with E-state index in [0.717, 1.165) is 55.2 Å². The van der Waals surface area contributed by atoms with E-state index >= 15 is 0 Å². The lowest BCUT2D eigenvalue weighted by molar-refractivity contribution is 0.195. The molecule has 0 aromatic carbocycles. The highest BCUT2D eigenvalue weighted by molar-refractivity contribution is 14.0. The molecule has 1 N–H and O–H groups in total. The Bertz CT molecular complexity index is 660. The Labute approximate surface area is 176 Å². The van der Waals surface area contributed by atoms with Gasteiger partial charge in [-0.15, -0.1) is 45.5 Å². The molecule has 0 radical (unpaired) electrons. The van der Waals surface area contributed by atoms with E-state index in [9.17, 15) is 0 Å². The standard InChI is InChI=1S/C16H27N7OS.HI/c1-13-20-21-14(23(13)3)12-19-16(18-7-5-10-24-4)22(2)9-6-15-17-8-11-25-15;/h8,11H,5-7,9-10,12H2,1-4H3,(H,18,19);1H. The molecule has 0 aliphatic carbocycles. The molecule has 10 heteroatoms. The molecule has 26 heavy (non-hydrogen) atoms. The monoisotopic (exact) mass is 493 g/mol. The Morgan fingerprint density at radius 1 is 1.42 bits per heavy atom. The van der Waals surface area contributed by atoms with Crippen molar-refractivity contribution < 1.29 is 4.74 Å². The molecule has 2 aromatic rings. The molecule has 146 valence electrons. The molecule has 0 saturated heterocycles. The molecule has 0 aliphatic rings. The third kappa shape index (κ3) is 7.16. The van der Waals surface area contributed by atoms with Crippen molar-refractivity contribution in [3.63, 3.8) is 0 Å². The number of thiazole rings is 1. The zero-order chi connectivity index (χ0) is 18.1. The molecule has 0 unspecified atom stereocenters. The minimum absolute atomic E-state index is 0. The van der Waals surface area contributed by atoms with Crippen LogP contribution in [0.25, 0.3) is 0 Å². The number of aliphatic imine (C=N–C) groups is 1. The zero-order valence-electron chi connectivity index (χ0n) is 15.8. The quantitative estimate of drug-likeness (QED) is 0.249. The lowest BCUT2D eigenvalue weighted by Gasteiger charge is -2.22. The maximum Gasteiger partial charge on any atom is 0.194 e. The van der Waals surface area contributed by atoms with Crippen LogP contribution in [0.15, 0.2) is 16.6 Å². The number of methoxy groups -OCH3 is 1. The fourth-order valence-electron chi connectivity index (χ4n) is 2.21. The Balaban J connectivity index is 0.00000338. The predicted molar refractivity (Wildman–Crippen MR) is 115 cm³/mol. The molecule has 0 amide bonds. The second kappa shape index (κ2) is 12.2. The van der Waals surface area contributed by atoms with Crippen molar-refractivity contribution in [1.82, 2.24) is 30.0 Å². The van der Waals surface area contributed by atoms with Crippen LogP contribution < -0.4 is 5.32 Å². The summed E-state index contributed by atoms with van der Waals surface area (Å²) in [6.45, 7) is 4.81. The highest BCUT2D eigenvalue weighted by atomic mass is 127. The van der Waals surface area contributed by atoms with E-state index in [2.05, 4.69) is 25.4 Å². The number of nitrogens with one attached hydrogen (secondary N) is 1. The Morgan fingerprint density at radius 2 is 2.23 bits per heavy atom. The van der Waals surface area contributed by atoms with Crippen LogP contribution in [-0.2, 0) is 24.8 Å². The summed E-state index contributed by atoms with van der Waals surface area (Å²) in [7, 11) is 5.71. The van der Waals surface area contributed by atoms with Crippen LogP contribution >= 0.6 is 35.3 Å². The fourth-order valence-corrected chi connectivity index (χ4v) is 2.82. The Hall–Kier alpha value is -1.27. The summed E-state index contributed by atoms with van der Waals surface area (Å²) in [5.74, 6) is 2.59. The molecule has 2 aromatic heterocycles. The SMILES string of the molecule is COCCCNC(=NCc1nnc(C)n1C)N(C)CCc1nccs1.I. The Morgan fingerprint density at radius 3 is 2.85 bits per heavy atom. The lowest BCUT2D eigenvalue weighted by Crippen LogP contribution is -2.40. The van der Waals surface area contributed by atoms with Gasteiger partial charge in [0.1, 0.15) is 12.4 Å². The van der Waals surface area contributed by atoms with Gasteiger partial charge in [-0.3, -0.25) is 0 Å². The van der Waals surface area contributed by atoms with E-state index in [1.807, 2.05) is 37.2 Å². The van der Waals surface area contributed by atoms with Crippen molar-refractivity contribution in [2.75, 3.05) is 33.9 Å². The van der Waals surface area contributed by atoms with Gasteiger partial charge in [0.2, 0.25) is 0 Å². The van der Waals surface area contributed by atoms with Crippen LogP contribution in [0.4, 0.5) is 0 Å². The van der Waals surface area contributed by atoms with Crippen molar-refractivity contribution in [3.8, 4) is 0 Å². The minimum Gasteiger partial charge on any atom is -0.385 e. The van der Waals surface area contributed by atoms with Gasteiger partial charge in [0, 0.05) is 58.9 Å². The first-order chi connectivity index (χ1) is 12.1. The Kier molecular flexibility index (Phi) is 10.7. The molecular formula is C16H28IN7OS. The summed E-state index contributed by atoms with van der Waals surface area (Å²) in [4.78, 5) is 11.2. The van der Waals surface area contributed by atoms with Gasteiger partial charge in [0.05, 0.1) is 5.01 Å². The topological polar surface area (TPSA) is 80.5 Å². The molecule has 8 nitrogen and oxygen atoms in total. The van der Waals surface area contributed by atoms with Crippen LogP contribution in [0.5, 0.6) is 0 Å². The molecule has 0 saturated carbocycles. The first-order valence-corrected chi connectivity index (χ1v) is 9.21. The van der Waals surface area contributed by atoms with E-state index in [1.165, 1.54) is 0 Å². The molecular weight excluding hydrogens is 465 g/mol. The number of ether oxygens (including phenoxy) is 1. The number of hydrogen-bond donors (Lipinski definition) is 1. The molecule has 0 fully saturated rings. The average molecular weight is 493 g/mol. The van der Waals surface area contributed by atoms with E-state index in [1.54, 1.807) is 18.4 Å².